The summed E-state index contributed by atoms with van der Waals surface area (Å²) in [6.07, 6.45) is -4.37. The zero-order valence-corrected chi connectivity index (χ0v) is 13.0. The lowest BCUT2D eigenvalue weighted by molar-refractivity contribution is -0.274. The van der Waals surface area contributed by atoms with Crippen LogP contribution < -0.4 is 4.74 Å². The zero-order chi connectivity index (χ0) is 17.8. The molecule has 1 unspecified atom stereocenters. The monoisotopic (exact) mass is 352 g/mol. The maximum atomic E-state index is 13.9. The van der Waals surface area contributed by atoms with Gasteiger partial charge in [-0.1, -0.05) is 0 Å². The highest BCUT2D eigenvalue weighted by Crippen LogP contribution is 2.53. The summed E-state index contributed by atoms with van der Waals surface area (Å²) >= 11 is 0. The van der Waals surface area contributed by atoms with E-state index in [1.165, 1.54) is 35.7 Å². The Hall–Kier alpha value is -2.71. The van der Waals surface area contributed by atoms with Crippen LogP contribution in [0.15, 0.2) is 36.4 Å². The second-order valence-corrected chi connectivity index (χ2v) is 6.15. The van der Waals surface area contributed by atoms with Crippen molar-refractivity contribution in [2.75, 3.05) is 0 Å². The Kier molecular flexibility index (Phi) is 3.25. The Balaban J connectivity index is 1.66. The summed E-state index contributed by atoms with van der Waals surface area (Å²) in [4.78, 5) is 0. The average Bonchev–Trinajstić information content (AvgIpc) is 2.98. The molecule has 130 valence electrons. The number of halogens is 4. The molecule has 0 bridgehead atoms. The highest BCUT2D eigenvalue weighted by atomic mass is 19.4. The zero-order valence-electron chi connectivity index (χ0n) is 13.0. The molecule has 0 amide bonds. The average molecular weight is 352 g/mol. The number of hydrogen-bond acceptors (Lipinski definition) is 4. The highest BCUT2D eigenvalue weighted by Gasteiger charge is 2.54. The van der Waals surface area contributed by atoms with E-state index >= 15 is 0 Å². The van der Waals surface area contributed by atoms with Gasteiger partial charge < -0.3 is 4.74 Å². The number of benzene rings is 1. The predicted octanol–water partition coefficient (Wildman–Crippen LogP) is 3.91. The number of rotatable bonds is 3. The minimum atomic E-state index is -4.74. The molecule has 2 heterocycles. The van der Waals surface area contributed by atoms with Gasteiger partial charge in [0.2, 0.25) is 0 Å². The maximum absolute atomic E-state index is 13.9. The molecule has 25 heavy (non-hydrogen) atoms. The Morgan fingerprint density at radius 2 is 1.80 bits per heavy atom. The second-order valence-electron chi connectivity index (χ2n) is 6.15. The van der Waals surface area contributed by atoms with Crippen molar-refractivity contribution in [1.82, 2.24) is 19.8 Å². The molecule has 0 aliphatic heterocycles. The summed E-state index contributed by atoms with van der Waals surface area (Å²) < 4.78 is 55.9. The van der Waals surface area contributed by atoms with Crippen LogP contribution in [0.25, 0.3) is 16.9 Å². The number of ether oxygens (including phenoxy) is 1. The van der Waals surface area contributed by atoms with Crippen LogP contribution in [0.3, 0.4) is 0 Å². The first-order valence-corrected chi connectivity index (χ1v) is 7.50. The molecule has 2 aromatic heterocycles. The number of alkyl halides is 4. The first-order chi connectivity index (χ1) is 11.7. The standard InChI is InChI=1S/C16H12F4N4O/c1-15(17)8-11(15)14-22-21-13-7-6-12(23-24(13)14)9-2-4-10(5-3-9)25-16(18,19)20/h2-7,11H,8H2,1H3/t11-,15?/m1/s1. The van der Waals surface area contributed by atoms with Gasteiger partial charge in [0.15, 0.2) is 11.5 Å². The van der Waals surface area contributed by atoms with Crippen molar-refractivity contribution < 1.29 is 22.3 Å². The van der Waals surface area contributed by atoms with Gasteiger partial charge in [0, 0.05) is 5.56 Å². The summed E-state index contributed by atoms with van der Waals surface area (Å²) in [5.41, 5.74) is 0.277. The van der Waals surface area contributed by atoms with Crippen LogP contribution in [-0.4, -0.2) is 31.8 Å². The molecular formula is C16H12F4N4O. The Bertz CT molecular complexity index is 933. The quantitative estimate of drug-likeness (QED) is 0.671. The van der Waals surface area contributed by atoms with Crippen molar-refractivity contribution in [3.8, 4) is 17.0 Å². The van der Waals surface area contributed by atoms with Gasteiger partial charge in [0.1, 0.15) is 11.4 Å². The molecule has 4 rings (SSSR count). The first-order valence-electron chi connectivity index (χ1n) is 7.50. The van der Waals surface area contributed by atoms with Crippen LogP contribution in [0.4, 0.5) is 17.6 Å². The van der Waals surface area contributed by atoms with E-state index in [4.69, 9.17) is 0 Å². The largest absolute Gasteiger partial charge is 0.573 e. The molecule has 9 heteroatoms. The first kappa shape index (κ1) is 15.8. The third-order valence-electron chi connectivity index (χ3n) is 4.15. The number of fused-ring (bicyclic) bond motifs is 1. The van der Waals surface area contributed by atoms with Gasteiger partial charge >= 0.3 is 6.36 Å². The minimum Gasteiger partial charge on any atom is -0.406 e. The van der Waals surface area contributed by atoms with E-state index in [0.29, 0.717) is 29.1 Å². The lowest BCUT2D eigenvalue weighted by Crippen LogP contribution is -2.16. The van der Waals surface area contributed by atoms with E-state index in [-0.39, 0.29) is 11.7 Å². The Morgan fingerprint density at radius 1 is 1.12 bits per heavy atom. The summed E-state index contributed by atoms with van der Waals surface area (Å²) in [7, 11) is 0. The molecule has 0 N–H and O–H groups in total. The summed E-state index contributed by atoms with van der Waals surface area (Å²) in [5, 5.41) is 12.4. The molecule has 2 atom stereocenters. The van der Waals surface area contributed by atoms with Gasteiger partial charge in [-0.05, 0) is 49.7 Å². The van der Waals surface area contributed by atoms with E-state index in [0.717, 1.165) is 0 Å². The van der Waals surface area contributed by atoms with Gasteiger partial charge in [0.25, 0.3) is 0 Å². The summed E-state index contributed by atoms with van der Waals surface area (Å²) in [5.74, 6) is -0.222. The minimum absolute atomic E-state index is 0.312. The van der Waals surface area contributed by atoms with Crippen molar-refractivity contribution >= 4 is 5.65 Å². The highest BCUT2D eigenvalue weighted by molar-refractivity contribution is 5.61. The Morgan fingerprint density at radius 3 is 2.40 bits per heavy atom. The second kappa shape index (κ2) is 5.14. The Labute approximate surface area is 139 Å². The van der Waals surface area contributed by atoms with Gasteiger partial charge in [-0.2, -0.15) is 9.61 Å². The topological polar surface area (TPSA) is 52.3 Å². The van der Waals surface area contributed by atoms with Crippen molar-refractivity contribution in [3.05, 3.63) is 42.2 Å². The van der Waals surface area contributed by atoms with E-state index in [9.17, 15) is 17.6 Å². The van der Waals surface area contributed by atoms with Crippen LogP contribution in [0.1, 0.15) is 25.1 Å². The molecule has 1 aromatic carbocycles. The van der Waals surface area contributed by atoms with Crippen LogP contribution in [0, 0.1) is 0 Å². The van der Waals surface area contributed by atoms with Crippen LogP contribution >= 0.6 is 0 Å². The summed E-state index contributed by atoms with van der Waals surface area (Å²) in [6, 6.07) is 8.71. The molecular weight excluding hydrogens is 340 g/mol. The van der Waals surface area contributed by atoms with Gasteiger partial charge in [0.05, 0.1) is 11.6 Å². The molecule has 0 saturated heterocycles. The van der Waals surface area contributed by atoms with Crippen molar-refractivity contribution in [2.45, 2.75) is 31.3 Å². The van der Waals surface area contributed by atoms with Gasteiger partial charge in [-0.15, -0.1) is 23.4 Å². The van der Waals surface area contributed by atoms with Gasteiger partial charge in [-0.25, -0.2) is 4.39 Å². The van der Waals surface area contributed by atoms with E-state index in [1.54, 1.807) is 12.1 Å². The number of nitrogens with zero attached hydrogens (tertiary/aromatic N) is 4. The van der Waals surface area contributed by atoms with Crippen LogP contribution in [0.5, 0.6) is 5.75 Å². The molecule has 1 aliphatic rings. The fourth-order valence-electron chi connectivity index (χ4n) is 2.70. The maximum Gasteiger partial charge on any atom is 0.573 e. The molecule has 0 radical (unpaired) electrons. The van der Waals surface area contributed by atoms with Crippen LogP contribution in [-0.2, 0) is 0 Å². The van der Waals surface area contributed by atoms with Crippen molar-refractivity contribution in [2.24, 2.45) is 0 Å². The van der Waals surface area contributed by atoms with Gasteiger partial charge in [-0.3, -0.25) is 0 Å². The number of hydrogen-bond donors (Lipinski definition) is 0. The lowest BCUT2D eigenvalue weighted by Gasteiger charge is -2.09. The smallest absolute Gasteiger partial charge is 0.406 e. The SMILES string of the molecule is CC1(F)C[C@@H]1c1nnc2ccc(-c3ccc(OC(F)(F)F)cc3)nn12. The fraction of sp³-hybridized carbons (Fsp3) is 0.312. The van der Waals surface area contributed by atoms with Crippen molar-refractivity contribution in [1.29, 1.82) is 0 Å². The number of aromatic nitrogens is 4. The molecule has 3 aromatic rings. The molecule has 0 spiro atoms. The van der Waals surface area contributed by atoms with Crippen LogP contribution in [0.2, 0.25) is 0 Å². The molecule has 5 nitrogen and oxygen atoms in total. The third kappa shape index (κ3) is 3.01. The fourth-order valence-corrected chi connectivity index (χ4v) is 2.70. The molecule has 1 aliphatic carbocycles. The van der Waals surface area contributed by atoms with E-state index < -0.39 is 12.0 Å². The molecule has 1 fully saturated rings. The third-order valence-corrected chi connectivity index (χ3v) is 4.15. The predicted molar refractivity (Wildman–Crippen MR) is 79.8 cm³/mol. The molecule has 1 saturated carbocycles. The van der Waals surface area contributed by atoms with Crippen molar-refractivity contribution in [3.63, 3.8) is 0 Å². The van der Waals surface area contributed by atoms with E-state index in [2.05, 4.69) is 20.0 Å². The van der Waals surface area contributed by atoms with E-state index in [1.807, 2.05) is 0 Å². The summed E-state index contributed by atoms with van der Waals surface area (Å²) in [6.45, 7) is 1.50. The lowest BCUT2D eigenvalue weighted by atomic mass is 10.1. The normalized spacial score (nSPS) is 23.0.